The number of carbonyl (C=O) groups is 3. The van der Waals surface area contributed by atoms with Crippen LogP contribution in [0.5, 0.6) is 0 Å². The summed E-state index contributed by atoms with van der Waals surface area (Å²) in [6.07, 6.45) is -1.73. The molecule has 0 radical (unpaired) electrons. The van der Waals surface area contributed by atoms with Gasteiger partial charge in [-0.15, -0.1) is 0 Å². The molecular formula is C26H34NO9P. The second-order valence-electron chi connectivity index (χ2n) is 8.58. The zero-order valence-electron chi connectivity index (χ0n) is 21.0. The maximum Gasteiger partial charge on any atom is 0.346 e. The van der Waals surface area contributed by atoms with Crippen LogP contribution in [0.4, 0.5) is 0 Å². The summed E-state index contributed by atoms with van der Waals surface area (Å²) in [5.41, 5.74) is 2.75. The zero-order valence-corrected chi connectivity index (χ0v) is 21.9. The van der Waals surface area contributed by atoms with Crippen molar-refractivity contribution in [1.29, 1.82) is 0 Å². The molecule has 0 spiro atoms. The van der Waals surface area contributed by atoms with Gasteiger partial charge in [-0.3, -0.25) is 24.3 Å². The highest BCUT2D eigenvalue weighted by Crippen LogP contribution is 2.53. The molecule has 0 amide bonds. The molecule has 2 aromatic carbocycles. The Kier molecular flexibility index (Phi) is 11.5. The van der Waals surface area contributed by atoms with Crippen LogP contribution in [-0.4, -0.2) is 57.3 Å². The Balaban J connectivity index is 2.40. The molecule has 0 heterocycles. The van der Waals surface area contributed by atoms with E-state index in [0.717, 1.165) is 16.7 Å². The van der Waals surface area contributed by atoms with Gasteiger partial charge in [-0.05, 0) is 43.4 Å². The fraction of sp³-hybridized carbons (Fsp3) is 0.423. The van der Waals surface area contributed by atoms with Crippen LogP contribution in [0.2, 0.25) is 0 Å². The molecule has 0 saturated carbocycles. The van der Waals surface area contributed by atoms with Gasteiger partial charge in [-0.25, -0.2) is 0 Å². The van der Waals surface area contributed by atoms with Crippen LogP contribution in [0.25, 0.3) is 11.1 Å². The third-order valence-corrected chi connectivity index (χ3v) is 7.32. The van der Waals surface area contributed by atoms with Gasteiger partial charge in [0.05, 0.1) is 26.1 Å². The minimum atomic E-state index is -5.18. The van der Waals surface area contributed by atoms with E-state index >= 15 is 0 Å². The molecule has 0 saturated heterocycles. The molecule has 4 N–H and O–H groups in total. The van der Waals surface area contributed by atoms with Gasteiger partial charge < -0.3 is 24.4 Å². The Morgan fingerprint density at radius 3 is 1.86 bits per heavy atom. The maximum absolute atomic E-state index is 12.8. The Bertz CT molecular complexity index is 1060. The Morgan fingerprint density at radius 2 is 1.41 bits per heavy atom. The van der Waals surface area contributed by atoms with Crippen LogP contribution < -0.4 is 5.32 Å². The topological polar surface area (TPSA) is 159 Å². The van der Waals surface area contributed by atoms with Crippen LogP contribution in [0, 0.1) is 0 Å². The largest absolute Gasteiger partial charge is 0.481 e. The van der Waals surface area contributed by atoms with Crippen molar-refractivity contribution in [2.24, 2.45) is 0 Å². The normalized spacial score (nSPS) is 12.5. The molecule has 0 unspecified atom stereocenters. The van der Waals surface area contributed by atoms with Gasteiger partial charge in [-0.2, -0.15) is 0 Å². The number of aliphatic carboxylic acids is 1. The van der Waals surface area contributed by atoms with Crippen molar-refractivity contribution >= 4 is 25.5 Å². The molecule has 0 aliphatic heterocycles. The Morgan fingerprint density at radius 1 is 0.892 bits per heavy atom. The van der Waals surface area contributed by atoms with Crippen LogP contribution in [0.3, 0.4) is 0 Å². The molecule has 10 nitrogen and oxygen atoms in total. The highest BCUT2D eigenvalue weighted by atomic mass is 31.2. The molecular weight excluding hydrogens is 501 g/mol. The smallest absolute Gasteiger partial charge is 0.346 e. The van der Waals surface area contributed by atoms with E-state index in [1.54, 1.807) is 13.8 Å². The molecule has 2 aromatic rings. The zero-order chi connectivity index (χ0) is 27.5. The third kappa shape index (κ3) is 9.40. The minimum Gasteiger partial charge on any atom is -0.481 e. The third-order valence-electron chi connectivity index (χ3n) is 5.76. The standard InChI is InChI=1S/C26H34NO9P/c1-3-35-24(30)17-26(37(32,33)34,18-25(31)36-4-2)27-22(14-15-23(28)29)16-19-10-12-21(13-11-19)20-8-6-5-7-9-20/h5-13,22,27H,3-4,14-18H2,1-2H3,(H,28,29)(H2,32,33,34)/t22-/m0/s1. The molecule has 0 aliphatic carbocycles. The number of benzene rings is 2. The summed E-state index contributed by atoms with van der Waals surface area (Å²) < 4.78 is 22.6. The molecule has 11 heteroatoms. The number of carboxylic acid groups (broad SMARTS) is 1. The van der Waals surface area contributed by atoms with Crippen molar-refractivity contribution in [2.45, 2.75) is 57.3 Å². The van der Waals surface area contributed by atoms with Gasteiger partial charge in [0.15, 0.2) is 0 Å². The van der Waals surface area contributed by atoms with E-state index in [2.05, 4.69) is 5.32 Å². The summed E-state index contributed by atoms with van der Waals surface area (Å²) >= 11 is 0. The monoisotopic (exact) mass is 535 g/mol. The van der Waals surface area contributed by atoms with Crippen molar-refractivity contribution in [3.8, 4) is 11.1 Å². The van der Waals surface area contributed by atoms with Crippen molar-refractivity contribution in [3.05, 3.63) is 60.2 Å². The summed E-state index contributed by atoms with van der Waals surface area (Å²) in [5.74, 6) is -2.91. The van der Waals surface area contributed by atoms with E-state index in [1.165, 1.54) is 0 Å². The quantitative estimate of drug-likeness (QED) is 0.196. The predicted octanol–water partition coefficient (Wildman–Crippen LogP) is 3.50. The van der Waals surface area contributed by atoms with Crippen LogP contribution in [0.1, 0.15) is 45.1 Å². The number of carboxylic acids is 1. The Hall–Kier alpha value is -3.04. The fourth-order valence-electron chi connectivity index (χ4n) is 4.01. The number of rotatable bonds is 15. The summed E-state index contributed by atoms with van der Waals surface area (Å²) in [5, 5.41) is 9.72. The van der Waals surface area contributed by atoms with Crippen molar-refractivity contribution in [3.63, 3.8) is 0 Å². The Labute approximate surface area is 216 Å². The maximum atomic E-state index is 12.8. The van der Waals surface area contributed by atoms with Crippen molar-refractivity contribution in [2.75, 3.05) is 13.2 Å². The van der Waals surface area contributed by atoms with Crippen LogP contribution >= 0.6 is 7.60 Å². The molecule has 2 rings (SSSR count). The first kappa shape index (κ1) is 30.2. The van der Waals surface area contributed by atoms with Gasteiger partial charge in [-0.1, -0.05) is 54.6 Å². The van der Waals surface area contributed by atoms with Gasteiger partial charge in [0.2, 0.25) is 0 Å². The molecule has 1 atom stereocenters. The van der Waals surface area contributed by atoms with E-state index in [1.807, 2.05) is 54.6 Å². The number of ether oxygens (including phenoxy) is 2. The number of esters is 2. The second-order valence-corrected chi connectivity index (χ2v) is 10.5. The SMILES string of the molecule is CCOC(=O)CC(CC(=O)OCC)(N[C@@H](CCC(=O)O)Cc1ccc(-c2ccccc2)cc1)P(=O)(O)O. The highest BCUT2D eigenvalue weighted by Gasteiger charge is 2.51. The minimum absolute atomic E-state index is 0.0107. The second kappa shape index (κ2) is 14.0. The predicted molar refractivity (Wildman–Crippen MR) is 137 cm³/mol. The van der Waals surface area contributed by atoms with Gasteiger partial charge in [0.1, 0.15) is 5.28 Å². The van der Waals surface area contributed by atoms with E-state index in [-0.39, 0.29) is 32.5 Å². The lowest BCUT2D eigenvalue weighted by Gasteiger charge is -2.37. The molecule has 0 aliphatic rings. The first-order valence-corrected chi connectivity index (χ1v) is 13.6. The van der Waals surface area contributed by atoms with Gasteiger partial charge in [0, 0.05) is 12.5 Å². The van der Waals surface area contributed by atoms with Crippen molar-refractivity contribution < 1.29 is 43.3 Å². The van der Waals surface area contributed by atoms with E-state index in [4.69, 9.17) is 9.47 Å². The number of hydrogen-bond acceptors (Lipinski definition) is 7. The lowest BCUT2D eigenvalue weighted by atomic mass is 9.97. The average Bonchev–Trinajstić information content (AvgIpc) is 2.83. The lowest BCUT2D eigenvalue weighted by Crippen LogP contribution is -2.53. The molecule has 37 heavy (non-hydrogen) atoms. The average molecular weight is 536 g/mol. The van der Waals surface area contributed by atoms with Gasteiger partial charge in [0.25, 0.3) is 0 Å². The van der Waals surface area contributed by atoms with Crippen LogP contribution in [-0.2, 0) is 34.8 Å². The molecule has 0 fully saturated rings. The summed E-state index contributed by atoms with van der Waals surface area (Å²) in [6.45, 7) is 3.05. The summed E-state index contributed by atoms with van der Waals surface area (Å²) in [4.78, 5) is 56.7. The number of nitrogens with one attached hydrogen (secondary N) is 1. The van der Waals surface area contributed by atoms with Crippen LogP contribution in [0.15, 0.2) is 54.6 Å². The van der Waals surface area contributed by atoms with Crippen molar-refractivity contribution in [1.82, 2.24) is 5.32 Å². The highest BCUT2D eigenvalue weighted by molar-refractivity contribution is 7.53. The molecule has 0 aromatic heterocycles. The molecule has 0 bridgehead atoms. The first-order chi connectivity index (χ1) is 17.5. The summed E-state index contributed by atoms with van der Waals surface area (Å²) in [6, 6.07) is 16.4. The molecule has 202 valence electrons. The van der Waals surface area contributed by atoms with E-state index in [0.29, 0.717) is 0 Å². The van der Waals surface area contributed by atoms with E-state index < -0.39 is 49.7 Å². The fourth-order valence-corrected chi connectivity index (χ4v) is 5.03. The van der Waals surface area contributed by atoms with Gasteiger partial charge >= 0.3 is 25.5 Å². The van der Waals surface area contributed by atoms with E-state index in [9.17, 15) is 33.8 Å². The summed E-state index contributed by atoms with van der Waals surface area (Å²) in [7, 11) is -5.18. The lowest BCUT2D eigenvalue weighted by molar-refractivity contribution is -0.147. The first-order valence-electron chi connectivity index (χ1n) is 12.0. The number of carbonyl (C=O) groups excluding carboxylic acids is 2. The number of hydrogen-bond donors (Lipinski definition) is 4.